The SMILES string of the molecule is CNCCSCOCCOC. The summed E-state index contributed by atoms with van der Waals surface area (Å²) < 4.78 is 10.1. The van der Waals surface area contributed by atoms with Gasteiger partial charge in [0.15, 0.2) is 0 Å². The van der Waals surface area contributed by atoms with Crippen LogP contribution in [0, 0.1) is 0 Å². The number of rotatable bonds is 8. The van der Waals surface area contributed by atoms with E-state index in [0.717, 1.165) is 18.2 Å². The fraction of sp³-hybridized carbons (Fsp3) is 1.00. The van der Waals surface area contributed by atoms with Gasteiger partial charge in [0.2, 0.25) is 0 Å². The zero-order chi connectivity index (χ0) is 8.36. The molecule has 0 aromatic heterocycles. The Kier molecular flexibility index (Phi) is 10.4. The van der Waals surface area contributed by atoms with Crippen molar-refractivity contribution in [2.45, 2.75) is 0 Å². The van der Waals surface area contributed by atoms with E-state index in [1.54, 1.807) is 18.9 Å². The minimum Gasteiger partial charge on any atom is -0.382 e. The number of hydrogen-bond acceptors (Lipinski definition) is 4. The van der Waals surface area contributed by atoms with E-state index in [1.165, 1.54) is 0 Å². The van der Waals surface area contributed by atoms with Crippen LogP contribution in [0.15, 0.2) is 0 Å². The maximum atomic E-state index is 5.23. The molecule has 0 amide bonds. The van der Waals surface area contributed by atoms with Crippen LogP contribution >= 0.6 is 11.8 Å². The normalized spacial score (nSPS) is 10.4. The molecule has 0 aromatic carbocycles. The van der Waals surface area contributed by atoms with Crippen LogP contribution in [0.3, 0.4) is 0 Å². The summed E-state index contributed by atoms with van der Waals surface area (Å²) in [6.07, 6.45) is 0. The lowest BCUT2D eigenvalue weighted by Gasteiger charge is -2.02. The number of ether oxygens (including phenoxy) is 2. The van der Waals surface area contributed by atoms with Crippen LogP contribution < -0.4 is 5.32 Å². The summed E-state index contributed by atoms with van der Waals surface area (Å²) in [5.74, 6) is 1.87. The maximum absolute atomic E-state index is 5.23. The van der Waals surface area contributed by atoms with E-state index < -0.39 is 0 Å². The van der Waals surface area contributed by atoms with Gasteiger partial charge in [0.05, 0.1) is 19.2 Å². The van der Waals surface area contributed by atoms with Crippen molar-refractivity contribution in [2.24, 2.45) is 0 Å². The standard InChI is InChI=1S/C7H17NO2S/c1-8-3-6-11-7-10-5-4-9-2/h8H,3-7H2,1-2H3. The second kappa shape index (κ2) is 10.2. The molecule has 0 atom stereocenters. The summed E-state index contributed by atoms with van der Waals surface area (Å²) in [5, 5.41) is 3.07. The van der Waals surface area contributed by atoms with Crippen LogP contribution in [0.2, 0.25) is 0 Å². The van der Waals surface area contributed by atoms with Crippen molar-refractivity contribution in [1.29, 1.82) is 0 Å². The Bertz CT molecular complexity index is 65.5. The average molecular weight is 179 g/mol. The van der Waals surface area contributed by atoms with E-state index in [4.69, 9.17) is 9.47 Å². The highest BCUT2D eigenvalue weighted by Crippen LogP contribution is 1.97. The number of methoxy groups -OCH3 is 1. The van der Waals surface area contributed by atoms with Crippen LogP contribution in [-0.4, -0.2) is 45.6 Å². The van der Waals surface area contributed by atoms with Crippen molar-refractivity contribution in [3.63, 3.8) is 0 Å². The zero-order valence-corrected chi connectivity index (χ0v) is 8.08. The van der Waals surface area contributed by atoms with Crippen molar-refractivity contribution in [3.05, 3.63) is 0 Å². The predicted octanol–water partition coefficient (Wildman–Crippen LogP) is 0.559. The molecular weight excluding hydrogens is 162 g/mol. The molecule has 0 saturated carbocycles. The van der Waals surface area contributed by atoms with Gasteiger partial charge in [-0.1, -0.05) is 0 Å². The molecule has 0 saturated heterocycles. The minimum atomic E-state index is 0.687. The van der Waals surface area contributed by atoms with Gasteiger partial charge in [-0.3, -0.25) is 0 Å². The topological polar surface area (TPSA) is 30.5 Å². The van der Waals surface area contributed by atoms with Crippen LogP contribution in [-0.2, 0) is 9.47 Å². The first kappa shape index (κ1) is 11.2. The summed E-state index contributed by atoms with van der Waals surface area (Å²) in [4.78, 5) is 0. The molecule has 68 valence electrons. The molecule has 1 N–H and O–H groups in total. The molecular formula is C7H17NO2S. The lowest BCUT2D eigenvalue weighted by atomic mass is 10.8. The maximum Gasteiger partial charge on any atom is 0.0922 e. The molecule has 4 heteroatoms. The number of hydrogen-bond donors (Lipinski definition) is 1. The first-order valence-electron chi connectivity index (χ1n) is 3.71. The molecule has 0 aromatic rings. The third-order valence-corrected chi connectivity index (χ3v) is 1.92. The third-order valence-electron chi connectivity index (χ3n) is 1.09. The summed E-state index contributed by atoms with van der Waals surface area (Å²) in [7, 11) is 3.63. The van der Waals surface area contributed by atoms with E-state index in [1.807, 2.05) is 7.05 Å². The molecule has 0 unspecified atom stereocenters. The van der Waals surface area contributed by atoms with Crippen LogP contribution in [0.5, 0.6) is 0 Å². The number of nitrogens with one attached hydrogen (secondary N) is 1. The van der Waals surface area contributed by atoms with E-state index in [-0.39, 0.29) is 0 Å². The van der Waals surface area contributed by atoms with Crippen molar-refractivity contribution < 1.29 is 9.47 Å². The monoisotopic (exact) mass is 179 g/mol. The quantitative estimate of drug-likeness (QED) is 0.436. The Balaban J connectivity index is 2.69. The Morgan fingerprint density at radius 1 is 1.36 bits per heavy atom. The highest BCUT2D eigenvalue weighted by Gasteiger charge is 1.87. The highest BCUT2D eigenvalue weighted by molar-refractivity contribution is 7.99. The van der Waals surface area contributed by atoms with E-state index in [2.05, 4.69) is 5.32 Å². The molecule has 0 radical (unpaired) electrons. The predicted molar refractivity (Wildman–Crippen MR) is 49.1 cm³/mol. The van der Waals surface area contributed by atoms with Gasteiger partial charge in [0.1, 0.15) is 0 Å². The summed E-state index contributed by atoms with van der Waals surface area (Å²) in [5.41, 5.74) is 0. The largest absolute Gasteiger partial charge is 0.382 e. The highest BCUT2D eigenvalue weighted by atomic mass is 32.2. The smallest absolute Gasteiger partial charge is 0.0922 e. The van der Waals surface area contributed by atoms with Gasteiger partial charge in [-0.15, -0.1) is 11.8 Å². The minimum absolute atomic E-state index is 0.687. The van der Waals surface area contributed by atoms with Gasteiger partial charge in [-0.05, 0) is 7.05 Å². The molecule has 0 fully saturated rings. The van der Waals surface area contributed by atoms with Gasteiger partial charge in [0, 0.05) is 19.4 Å². The van der Waals surface area contributed by atoms with Crippen molar-refractivity contribution >= 4 is 11.8 Å². The lowest BCUT2D eigenvalue weighted by molar-refractivity contribution is 0.0953. The summed E-state index contributed by atoms with van der Waals surface area (Å²) >= 11 is 1.79. The van der Waals surface area contributed by atoms with Crippen LogP contribution in [0.4, 0.5) is 0 Å². The van der Waals surface area contributed by atoms with Crippen molar-refractivity contribution in [2.75, 3.05) is 45.6 Å². The fourth-order valence-electron chi connectivity index (χ4n) is 0.493. The molecule has 0 aliphatic rings. The van der Waals surface area contributed by atoms with Gasteiger partial charge in [-0.2, -0.15) is 0 Å². The van der Waals surface area contributed by atoms with Gasteiger partial charge >= 0.3 is 0 Å². The molecule has 0 bridgehead atoms. The summed E-state index contributed by atoms with van der Waals surface area (Å²) in [6.45, 7) is 2.42. The van der Waals surface area contributed by atoms with Gasteiger partial charge in [-0.25, -0.2) is 0 Å². The zero-order valence-electron chi connectivity index (χ0n) is 7.26. The Hall–Kier alpha value is 0.230. The molecule has 0 aliphatic carbocycles. The van der Waals surface area contributed by atoms with Crippen LogP contribution in [0.25, 0.3) is 0 Å². The summed E-state index contributed by atoms with van der Waals surface area (Å²) in [6, 6.07) is 0. The van der Waals surface area contributed by atoms with Crippen molar-refractivity contribution in [3.8, 4) is 0 Å². The molecule has 0 rings (SSSR count). The van der Waals surface area contributed by atoms with E-state index >= 15 is 0 Å². The van der Waals surface area contributed by atoms with E-state index in [0.29, 0.717) is 13.2 Å². The first-order valence-corrected chi connectivity index (χ1v) is 4.86. The molecule has 0 heterocycles. The second-order valence-corrected chi connectivity index (χ2v) is 3.08. The molecule has 0 spiro atoms. The van der Waals surface area contributed by atoms with Gasteiger partial charge < -0.3 is 14.8 Å². The first-order chi connectivity index (χ1) is 5.41. The van der Waals surface area contributed by atoms with Crippen LogP contribution in [0.1, 0.15) is 0 Å². The number of thioether (sulfide) groups is 1. The average Bonchev–Trinajstić information content (AvgIpc) is 2.03. The van der Waals surface area contributed by atoms with E-state index in [9.17, 15) is 0 Å². The Morgan fingerprint density at radius 2 is 2.18 bits per heavy atom. The Labute approximate surface area is 72.8 Å². The third kappa shape index (κ3) is 10.2. The fourth-order valence-corrected chi connectivity index (χ4v) is 1.20. The molecule has 3 nitrogen and oxygen atoms in total. The van der Waals surface area contributed by atoms with Crippen molar-refractivity contribution in [1.82, 2.24) is 5.32 Å². The lowest BCUT2D eigenvalue weighted by Crippen LogP contribution is -2.10. The molecule has 0 aliphatic heterocycles. The van der Waals surface area contributed by atoms with Gasteiger partial charge in [0.25, 0.3) is 0 Å². The second-order valence-electron chi connectivity index (χ2n) is 2.03. The molecule has 11 heavy (non-hydrogen) atoms. The Morgan fingerprint density at radius 3 is 2.82 bits per heavy atom.